The molecule has 11 aromatic carbocycles. The first-order valence-corrected chi connectivity index (χ1v) is 25.0. The van der Waals surface area contributed by atoms with Crippen molar-refractivity contribution in [3.63, 3.8) is 0 Å². The van der Waals surface area contributed by atoms with Crippen LogP contribution < -0.4 is 4.90 Å². The molecule has 0 fully saturated rings. The number of fused-ring (bicyclic) bond motifs is 4. The van der Waals surface area contributed by atoms with E-state index in [0.717, 1.165) is 23.5 Å². The number of nitrogens with zero attached hydrogens (tertiary/aromatic N) is 2. The molecule has 1 aromatic heterocycles. The Morgan fingerprint density at radius 2 is 0.778 bits per heavy atom. The van der Waals surface area contributed by atoms with Gasteiger partial charge in [0.2, 0.25) is 0 Å². The molecule has 12 aromatic rings. The molecule has 0 saturated heterocycles. The van der Waals surface area contributed by atoms with E-state index in [4.69, 9.17) is 0 Å². The van der Waals surface area contributed by atoms with E-state index < -0.39 is 0 Å². The van der Waals surface area contributed by atoms with E-state index in [1.807, 2.05) is 0 Å². The van der Waals surface area contributed by atoms with Crippen molar-refractivity contribution < 1.29 is 0 Å². The fourth-order valence-corrected chi connectivity index (χ4v) is 11.0. The summed E-state index contributed by atoms with van der Waals surface area (Å²) in [4.78, 5) is 2.42. The zero-order valence-corrected chi connectivity index (χ0v) is 39.8. The second-order valence-corrected chi connectivity index (χ2v) is 18.9. The zero-order chi connectivity index (χ0) is 47.8. The Morgan fingerprint density at radius 3 is 1.35 bits per heavy atom. The number of hydrogen-bond acceptors (Lipinski definition) is 1. The van der Waals surface area contributed by atoms with E-state index in [-0.39, 0.29) is 5.92 Å². The average molecular weight is 919 g/mol. The van der Waals surface area contributed by atoms with Crippen molar-refractivity contribution in [2.75, 3.05) is 4.90 Å². The van der Waals surface area contributed by atoms with E-state index in [1.54, 1.807) is 0 Å². The van der Waals surface area contributed by atoms with Crippen LogP contribution in [0.25, 0.3) is 89.1 Å². The maximum atomic E-state index is 2.47. The van der Waals surface area contributed by atoms with Gasteiger partial charge in [-0.25, -0.2) is 0 Å². The van der Waals surface area contributed by atoms with Gasteiger partial charge in [0, 0.05) is 34.1 Å². The first-order valence-electron chi connectivity index (χ1n) is 25.0. The number of anilines is 3. The van der Waals surface area contributed by atoms with Crippen LogP contribution in [-0.2, 0) is 0 Å². The Labute approximate surface area is 421 Å². The third-order valence-electron chi connectivity index (χ3n) is 14.5. The molecule has 1 atom stereocenters. The third-order valence-corrected chi connectivity index (χ3v) is 14.5. The largest absolute Gasteiger partial charge is 0.310 e. The molecule has 0 radical (unpaired) electrons. The molecule has 1 unspecified atom stereocenters. The molecule has 2 heteroatoms. The van der Waals surface area contributed by atoms with Gasteiger partial charge in [-0.15, -0.1) is 0 Å². The summed E-state index contributed by atoms with van der Waals surface area (Å²) in [7, 11) is 0. The summed E-state index contributed by atoms with van der Waals surface area (Å²) in [5.74, 6) is 0.151. The second kappa shape index (κ2) is 18.6. The maximum Gasteiger partial charge on any atom is 0.0544 e. The van der Waals surface area contributed by atoms with Gasteiger partial charge in [-0.05, 0) is 175 Å². The van der Waals surface area contributed by atoms with Crippen molar-refractivity contribution in [2.24, 2.45) is 0 Å². The van der Waals surface area contributed by atoms with Crippen LogP contribution in [0.4, 0.5) is 17.1 Å². The second-order valence-electron chi connectivity index (χ2n) is 18.9. The van der Waals surface area contributed by atoms with Crippen LogP contribution in [0.1, 0.15) is 29.2 Å². The van der Waals surface area contributed by atoms with Crippen LogP contribution in [0.2, 0.25) is 0 Å². The number of benzene rings is 11. The molecule has 2 nitrogen and oxygen atoms in total. The SMILES string of the molecule is C1=Cc2c(c3cc4ccccc4cc3n2-c2ccccc2)C(c2cccc(N(c3ccc(-c4cccc(-c5ccccc5)c4)cc3)c3ccc(-c4cc(-c5ccccc5)cc(-c5ccccc5)c4)cc3)c2)C1. The molecule has 0 amide bonds. The fraction of sp³-hybridized carbons (Fsp3) is 0.0286. The van der Waals surface area contributed by atoms with Gasteiger partial charge in [0.1, 0.15) is 0 Å². The summed E-state index contributed by atoms with van der Waals surface area (Å²) < 4.78 is 2.47. The van der Waals surface area contributed by atoms with Crippen LogP contribution >= 0.6 is 0 Å². The number of rotatable bonds is 10. The van der Waals surface area contributed by atoms with Gasteiger partial charge in [-0.1, -0.05) is 194 Å². The van der Waals surface area contributed by atoms with Gasteiger partial charge in [-0.2, -0.15) is 0 Å². The Bertz CT molecular complexity index is 3850. The molecule has 13 rings (SSSR count). The summed E-state index contributed by atoms with van der Waals surface area (Å²) in [5, 5.41) is 3.81. The quantitative estimate of drug-likeness (QED) is 0.133. The predicted molar refractivity (Wildman–Crippen MR) is 305 cm³/mol. The lowest BCUT2D eigenvalue weighted by atomic mass is 9.83. The summed E-state index contributed by atoms with van der Waals surface area (Å²) in [5.41, 5.74) is 21.6. The van der Waals surface area contributed by atoms with E-state index in [2.05, 4.69) is 295 Å². The highest BCUT2D eigenvalue weighted by Crippen LogP contribution is 2.46. The first kappa shape index (κ1) is 42.8. The minimum absolute atomic E-state index is 0.151. The Hall–Kier alpha value is -9.24. The molecule has 0 saturated carbocycles. The summed E-state index contributed by atoms with van der Waals surface area (Å²) in [6, 6.07) is 99.8. The van der Waals surface area contributed by atoms with Gasteiger partial charge < -0.3 is 9.47 Å². The van der Waals surface area contributed by atoms with Crippen molar-refractivity contribution in [1.82, 2.24) is 4.57 Å². The summed E-state index contributed by atoms with van der Waals surface area (Å²) in [6.07, 6.45) is 5.63. The minimum Gasteiger partial charge on any atom is -0.310 e. The van der Waals surface area contributed by atoms with E-state index in [9.17, 15) is 0 Å². The molecule has 0 N–H and O–H groups in total. The highest BCUT2D eigenvalue weighted by molar-refractivity contribution is 6.02. The van der Waals surface area contributed by atoms with Crippen LogP contribution in [0.3, 0.4) is 0 Å². The first-order chi connectivity index (χ1) is 35.7. The smallest absolute Gasteiger partial charge is 0.0544 e. The number of para-hydroxylation sites is 1. The Morgan fingerprint density at radius 1 is 0.333 bits per heavy atom. The van der Waals surface area contributed by atoms with E-state index >= 15 is 0 Å². The molecule has 1 aliphatic rings. The average Bonchev–Trinajstić information content (AvgIpc) is 3.79. The van der Waals surface area contributed by atoms with Gasteiger partial charge in [0.05, 0.1) is 11.2 Å². The lowest BCUT2D eigenvalue weighted by molar-refractivity contribution is 0.819. The molecule has 1 aliphatic carbocycles. The van der Waals surface area contributed by atoms with Crippen LogP contribution in [0, 0.1) is 0 Å². The predicted octanol–water partition coefficient (Wildman–Crippen LogP) is 19.1. The molecule has 340 valence electrons. The van der Waals surface area contributed by atoms with Crippen molar-refractivity contribution in [2.45, 2.75) is 12.3 Å². The van der Waals surface area contributed by atoms with Gasteiger partial charge in [0.15, 0.2) is 0 Å². The summed E-state index contributed by atoms with van der Waals surface area (Å²) in [6.45, 7) is 0. The number of hydrogen-bond donors (Lipinski definition) is 0. The fourth-order valence-electron chi connectivity index (χ4n) is 11.0. The van der Waals surface area contributed by atoms with Gasteiger partial charge >= 0.3 is 0 Å². The van der Waals surface area contributed by atoms with E-state index in [1.165, 1.54) is 99.8 Å². The molecule has 72 heavy (non-hydrogen) atoms. The normalized spacial score (nSPS) is 13.0. The number of aromatic nitrogens is 1. The lowest BCUT2D eigenvalue weighted by Crippen LogP contribution is -2.12. The van der Waals surface area contributed by atoms with Crippen molar-refractivity contribution in [1.29, 1.82) is 0 Å². The molecule has 0 spiro atoms. The highest BCUT2D eigenvalue weighted by Gasteiger charge is 2.28. The van der Waals surface area contributed by atoms with Crippen LogP contribution in [0.15, 0.2) is 279 Å². The Balaban J connectivity index is 0.928. The number of allylic oxidation sites excluding steroid dienone is 1. The molecular formula is C70H50N2. The summed E-state index contributed by atoms with van der Waals surface area (Å²) >= 11 is 0. The van der Waals surface area contributed by atoms with Crippen molar-refractivity contribution in [3.8, 4) is 61.3 Å². The lowest BCUT2D eigenvalue weighted by Gasteiger charge is -2.28. The molecule has 0 aliphatic heterocycles. The minimum atomic E-state index is 0.151. The Kier molecular flexibility index (Phi) is 11.1. The van der Waals surface area contributed by atoms with Crippen LogP contribution in [-0.4, -0.2) is 4.57 Å². The molecular weight excluding hydrogens is 869 g/mol. The van der Waals surface area contributed by atoms with Crippen molar-refractivity contribution >= 4 is 44.8 Å². The standard InChI is InChI=1S/C70H50N2/c1-5-18-49(19-6-1)54-26-15-27-55(42-54)52-34-38-63(39-35-52)71(64-40-36-53(37-41-64)61-44-59(50-20-7-2-8-21-50)43-60(45-61)51-22-9-3-10-23-51)65-31-16-28-58(46-65)66-32-17-33-68-70(66)67-47-56-24-13-14-25-57(56)48-69(67)72(68)62-29-11-4-12-30-62/h1-31,33-48,66H,32H2. The highest BCUT2D eigenvalue weighted by atomic mass is 15.1. The van der Waals surface area contributed by atoms with Gasteiger partial charge in [-0.3, -0.25) is 0 Å². The third kappa shape index (κ3) is 8.09. The zero-order valence-electron chi connectivity index (χ0n) is 39.8. The molecule has 1 heterocycles. The van der Waals surface area contributed by atoms with Gasteiger partial charge in [0.25, 0.3) is 0 Å². The van der Waals surface area contributed by atoms with Crippen LogP contribution in [0.5, 0.6) is 0 Å². The topological polar surface area (TPSA) is 8.17 Å². The molecule has 0 bridgehead atoms. The maximum absolute atomic E-state index is 2.47. The van der Waals surface area contributed by atoms with Crippen molar-refractivity contribution in [3.05, 3.63) is 296 Å². The van der Waals surface area contributed by atoms with E-state index in [0.29, 0.717) is 0 Å². The monoisotopic (exact) mass is 918 g/mol.